The van der Waals surface area contributed by atoms with E-state index in [1.807, 2.05) is 0 Å². The number of carboxylic acid groups (broad SMARTS) is 1. The molecule has 120 valence electrons. The fourth-order valence-corrected chi connectivity index (χ4v) is 2.16. The molecule has 0 aliphatic heterocycles. The molecule has 0 radical (unpaired) electrons. The number of nitro groups is 1. The molecule has 0 atom stereocenters. The topological polar surface area (TPSA) is 118 Å². The van der Waals surface area contributed by atoms with Gasteiger partial charge in [0.15, 0.2) is 0 Å². The molecule has 0 fully saturated rings. The summed E-state index contributed by atoms with van der Waals surface area (Å²) in [6.07, 6.45) is 1.55. The number of nitrogens with one attached hydrogen (secondary N) is 1. The van der Waals surface area contributed by atoms with Crippen LogP contribution in [0.1, 0.15) is 16.1 Å². The maximum Gasteiger partial charge on any atom is 0.335 e. The molecule has 8 heteroatoms. The number of fused-ring (bicyclic) bond motifs is 1. The molecule has 2 aromatic carbocycles. The quantitative estimate of drug-likeness (QED) is 0.547. The van der Waals surface area contributed by atoms with Crippen LogP contribution in [0.2, 0.25) is 0 Å². The molecule has 0 aliphatic rings. The number of carbonyl (C=O) groups is 1. The highest BCUT2D eigenvalue weighted by molar-refractivity contribution is 5.88. The van der Waals surface area contributed by atoms with Crippen molar-refractivity contribution in [3.8, 4) is 0 Å². The zero-order chi connectivity index (χ0) is 17.1. The average molecular weight is 324 g/mol. The Kier molecular flexibility index (Phi) is 4.02. The van der Waals surface area contributed by atoms with Crippen molar-refractivity contribution in [3.05, 3.63) is 70.0 Å². The maximum atomic E-state index is 10.8. The Hall–Kier alpha value is -3.55. The first-order valence-electron chi connectivity index (χ1n) is 7.00. The number of non-ortho nitro benzene ring substituents is 1. The predicted octanol–water partition coefficient (Wildman–Crippen LogP) is 2.85. The summed E-state index contributed by atoms with van der Waals surface area (Å²) < 4.78 is 0. The molecule has 1 aromatic heterocycles. The number of aromatic carboxylic acids is 1. The van der Waals surface area contributed by atoms with Crippen LogP contribution in [0.4, 0.5) is 11.4 Å². The Bertz CT molecular complexity index is 925. The summed E-state index contributed by atoms with van der Waals surface area (Å²) in [5.74, 6) is -0.976. The summed E-state index contributed by atoms with van der Waals surface area (Å²) in [4.78, 5) is 29.7. The van der Waals surface area contributed by atoms with Crippen LogP contribution in [0.25, 0.3) is 11.0 Å². The second-order valence-electron chi connectivity index (χ2n) is 5.03. The normalized spacial score (nSPS) is 10.5. The van der Waals surface area contributed by atoms with Gasteiger partial charge in [-0.25, -0.2) is 9.78 Å². The number of aromatic nitrogens is 2. The van der Waals surface area contributed by atoms with Gasteiger partial charge in [-0.2, -0.15) is 0 Å². The Balaban J connectivity index is 1.74. The van der Waals surface area contributed by atoms with Gasteiger partial charge in [-0.1, -0.05) is 0 Å². The molecule has 3 rings (SSSR count). The van der Waals surface area contributed by atoms with Crippen molar-refractivity contribution in [1.29, 1.82) is 0 Å². The highest BCUT2D eigenvalue weighted by Gasteiger charge is 2.08. The van der Waals surface area contributed by atoms with Crippen molar-refractivity contribution in [3.63, 3.8) is 0 Å². The van der Waals surface area contributed by atoms with E-state index in [0.29, 0.717) is 23.3 Å². The van der Waals surface area contributed by atoms with Crippen molar-refractivity contribution >= 4 is 28.4 Å². The Labute approximate surface area is 135 Å². The predicted molar refractivity (Wildman–Crippen MR) is 86.9 cm³/mol. The summed E-state index contributed by atoms with van der Waals surface area (Å²) in [5, 5.41) is 22.7. The standard InChI is InChI=1S/C16H12N4O4/c21-16(22)10-1-3-11(4-2-10)17-8-12-9-18-15-7-13(20(23)24)5-6-14(15)19-12/h1-7,9,17H,8H2,(H,21,22). The van der Waals surface area contributed by atoms with E-state index < -0.39 is 10.9 Å². The van der Waals surface area contributed by atoms with Gasteiger partial charge in [-0.3, -0.25) is 15.1 Å². The van der Waals surface area contributed by atoms with E-state index in [-0.39, 0.29) is 11.3 Å². The largest absolute Gasteiger partial charge is 0.478 e. The molecule has 0 spiro atoms. The van der Waals surface area contributed by atoms with Crippen molar-refractivity contribution in [2.45, 2.75) is 6.54 Å². The minimum Gasteiger partial charge on any atom is -0.478 e. The van der Waals surface area contributed by atoms with E-state index in [9.17, 15) is 14.9 Å². The minimum atomic E-state index is -0.976. The van der Waals surface area contributed by atoms with Crippen molar-refractivity contribution in [1.82, 2.24) is 9.97 Å². The van der Waals surface area contributed by atoms with Gasteiger partial charge in [0.2, 0.25) is 0 Å². The Morgan fingerprint density at radius 3 is 2.58 bits per heavy atom. The second kappa shape index (κ2) is 6.29. The van der Waals surface area contributed by atoms with Gasteiger partial charge >= 0.3 is 5.97 Å². The van der Waals surface area contributed by atoms with Crippen LogP contribution in [0.3, 0.4) is 0 Å². The third kappa shape index (κ3) is 3.27. The zero-order valence-corrected chi connectivity index (χ0v) is 12.3. The van der Waals surface area contributed by atoms with Crippen molar-refractivity contribution < 1.29 is 14.8 Å². The van der Waals surface area contributed by atoms with E-state index in [1.54, 1.807) is 24.4 Å². The third-order valence-electron chi connectivity index (χ3n) is 3.39. The highest BCUT2D eigenvalue weighted by Crippen LogP contribution is 2.18. The fraction of sp³-hybridized carbons (Fsp3) is 0.0625. The SMILES string of the molecule is O=C(O)c1ccc(NCc2cnc3cc([N+](=O)[O-])ccc3n2)cc1. The van der Waals surface area contributed by atoms with Gasteiger partial charge in [0.25, 0.3) is 5.69 Å². The molecular formula is C16H12N4O4. The molecule has 0 bridgehead atoms. The molecule has 1 heterocycles. The Morgan fingerprint density at radius 1 is 1.17 bits per heavy atom. The maximum absolute atomic E-state index is 10.8. The lowest BCUT2D eigenvalue weighted by Crippen LogP contribution is -2.03. The lowest BCUT2D eigenvalue weighted by molar-refractivity contribution is -0.384. The Morgan fingerprint density at radius 2 is 1.92 bits per heavy atom. The van der Waals surface area contributed by atoms with Crippen LogP contribution >= 0.6 is 0 Å². The first-order valence-corrected chi connectivity index (χ1v) is 7.00. The number of hydrogen-bond donors (Lipinski definition) is 2. The highest BCUT2D eigenvalue weighted by atomic mass is 16.6. The summed E-state index contributed by atoms with van der Waals surface area (Å²) in [6.45, 7) is 0.395. The molecule has 0 saturated carbocycles. The van der Waals surface area contributed by atoms with Gasteiger partial charge in [0.1, 0.15) is 0 Å². The van der Waals surface area contributed by atoms with Crippen molar-refractivity contribution in [2.75, 3.05) is 5.32 Å². The first-order chi connectivity index (χ1) is 11.5. The van der Waals surface area contributed by atoms with Crippen LogP contribution in [0.15, 0.2) is 48.7 Å². The van der Waals surface area contributed by atoms with Crippen LogP contribution in [0.5, 0.6) is 0 Å². The van der Waals surface area contributed by atoms with Crippen molar-refractivity contribution in [2.24, 2.45) is 0 Å². The average Bonchev–Trinajstić information content (AvgIpc) is 2.59. The minimum absolute atomic E-state index is 0.0267. The summed E-state index contributed by atoms with van der Waals surface area (Å²) in [7, 11) is 0. The van der Waals surface area contributed by atoms with E-state index in [4.69, 9.17) is 5.11 Å². The molecule has 0 aliphatic carbocycles. The second-order valence-corrected chi connectivity index (χ2v) is 5.03. The van der Waals surface area contributed by atoms with Crippen LogP contribution in [-0.4, -0.2) is 26.0 Å². The van der Waals surface area contributed by atoms with Gasteiger partial charge < -0.3 is 10.4 Å². The fourth-order valence-electron chi connectivity index (χ4n) is 2.16. The van der Waals surface area contributed by atoms with Gasteiger partial charge in [0.05, 0.1) is 40.0 Å². The summed E-state index contributed by atoms with van der Waals surface area (Å²) in [5.41, 5.74) is 2.64. The molecule has 0 amide bonds. The summed E-state index contributed by atoms with van der Waals surface area (Å²) >= 11 is 0. The van der Waals surface area contributed by atoms with Gasteiger partial charge in [-0.05, 0) is 30.3 Å². The lowest BCUT2D eigenvalue weighted by atomic mass is 10.2. The summed E-state index contributed by atoms with van der Waals surface area (Å²) in [6, 6.07) is 10.7. The monoisotopic (exact) mass is 324 g/mol. The van der Waals surface area contributed by atoms with E-state index in [0.717, 1.165) is 5.69 Å². The number of anilines is 1. The molecular weight excluding hydrogens is 312 g/mol. The number of rotatable bonds is 5. The molecule has 0 saturated heterocycles. The molecule has 24 heavy (non-hydrogen) atoms. The zero-order valence-electron chi connectivity index (χ0n) is 12.3. The van der Waals surface area contributed by atoms with Gasteiger partial charge in [0, 0.05) is 17.8 Å². The molecule has 0 unspecified atom stereocenters. The smallest absolute Gasteiger partial charge is 0.335 e. The number of carboxylic acids is 1. The van der Waals surface area contributed by atoms with Gasteiger partial charge in [-0.15, -0.1) is 0 Å². The lowest BCUT2D eigenvalue weighted by Gasteiger charge is -2.07. The number of benzene rings is 2. The van der Waals surface area contributed by atoms with Crippen LogP contribution in [-0.2, 0) is 6.54 Å². The van der Waals surface area contributed by atoms with Crippen LogP contribution in [0, 0.1) is 10.1 Å². The molecule has 8 nitrogen and oxygen atoms in total. The molecule has 3 aromatic rings. The van der Waals surface area contributed by atoms with Crippen LogP contribution < -0.4 is 5.32 Å². The van der Waals surface area contributed by atoms with E-state index in [2.05, 4.69) is 15.3 Å². The third-order valence-corrected chi connectivity index (χ3v) is 3.39. The number of nitrogens with zero attached hydrogens (tertiary/aromatic N) is 3. The molecule has 2 N–H and O–H groups in total. The van der Waals surface area contributed by atoms with E-state index in [1.165, 1.54) is 24.3 Å². The van der Waals surface area contributed by atoms with E-state index >= 15 is 0 Å². The number of nitro benzene ring substituents is 1. The first kappa shape index (κ1) is 15.3. The number of hydrogen-bond acceptors (Lipinski definition) is 6.